The summed E-state index contributed by atoms with van der Waals surface area (Å²) in [7, 11) is 3.68. The number of ether oxygens (including phenoxy) is 1. The highest BCUT2D eigenvalue weighted by atomic mass is 35.5. The van der Waals surface area contributed by atoms with Crippen LogP contribution in [0.2, 0.25) is 5.02 Å². The molecule has 0 aliphatic heterocycles. The molecule has 0 fully saturated rings. The number of hydrogen-bond acceptors (Lipinski definition) is 3. The van der Waals surface area contributed by atoms with Gasteiger partial charge in [-0.1, -0.05) is 18.5 Å². The van der Waals surface area contributed by atoms with Crippen LogP contribution in [0, 0.1) is 5.92 Å². The van der Waals surface area contributed by atoms with E-state index in [9.17, 15) is 0 Å². The van der Waals surface area contributed by atoms with E-state index in [2.05, 4.69) is 18.3 Å². The maximum atomic E-state index is 5.99. The minimum absolute atomic E-state index is 0.191. The molecule has 1 aromatic carbocycles. The molecule has 2 unspecified atom stereocenters. The SMILES string of the molecule is CNC(CC(C)COC)c1cc2cc(Cl)ccc2o1. The topological polar surface area (TPSA) is 34.4 Å². The summed E-state index contributed by atoms with van der Waals surface area (Å²) in [6.45, 7) is 2.93. The van der Waals surface area contributed by atoms with Crippen molar-refractivity contribution in [1.82, 2.24) is 5.32 Å². The van der Waals surface area contributed by atoms with Crippen molar-refractivity contribution in [2.24, 2.45) is 5.92 Å². The van der Waals surface area contributed by atoms with Gasteiger partial charge in [-0.25, -0.2) is 0 Å². The van der Waals surface area contributed by atoms with Gasteiger partial charge in [0.2, 0.25) is 0 Å². The number of rotatable bonds is 6. The third-order valence-electron chi connectivity index (χ3n) is 3.28. The number of nitrogens with one attached hydrogen (secondary N) is 1. The van der Waals surface area contributed by atoms with Gasteiger partial charge >= 0.3 is 0 Å². The molecule has 3 nitrogen and oxygen atoms in total. The number of benzene rings is 1. The molecule has 0 aliphatic rings. The van der Waals surface area contributed by atoms with Gasteiger partial charge in [0.05, 0.1) is 6.04 Å². The van der Waals surface area contributed by atoms with Gasteiger partial charge in [-0.15, -0.1) is 0 Å². The van der Waals surface area contributed by atoms with Crippen LogP contribution in [-0.4, -0.2) is 20.8 Å². The molecule has 0 amide bonds. The molecule has 2 rings (SSSR count). The first kappa shape index (κ1) is 14.4. The Balaban J connectivity index is 2.20. The summed E-state index contributed by atoms with van der Waals surface area (Å²) in [4.78, 5) is 0. The highest BCUT2D eigenvalue weighted by Crippen LogP contribution is 2.29. The molecule has 2 atom stereocenters. The van der Waals surface area contributed by atoms with Crippen LogP contribution in [0.5, 0.6) is 0 Å². The molecule has 104 valence electrons. The first-order chi connectivity index (χ1) is 9.13. The Bertz CT molecular complexity index is 538. The fourth-order valence-electron chi connectivity index (χ4n) is 2.34. The second-order valence-electron chi connectivity index (χ2n) is 4.97. The van der Waals surface area contributed by atoms with E-state index in [0.717, 1.165) is 34.8 Å². The summed E-state index contributed by atoms with van der Waals surface area (Å²) in [5, 5.41) is 5.07. The molecule has 0 spiro atoms. The van der Waals surface area contributed by atoms with Crippen molar-refractivity contribution in [1.29, 1.82) is 0 Å². The van der Waals surface area contributed by atoms with Crippen LogP contribution in [0.3, 0.4) is 0 Å². The zero-order chi connectivity index (χ0) is 13.8. The molecule has 0 bridgehead atoms. The number of fused-ring (bicyclic) bond motifs is 1. The van der Waals surface area contributed by atoms with Gasteiger partial charge in [0.15, 0.2) is 0 Å². The first-order valence-electron chi connectivity index (χ1n) is 6.49. The average Bonchev–Trinajstić information content (AvgIpc) is 2.78. The molecule has 1 N–H and O–H groups in total. The van der Waals surface area contributed by atoms with Crippen molar-refractivity contribution in [2.75, 3.05) is 20.8 Å². The molecule has 0 aliphatic carbocycles. The van der Waals surface area contributed by atoms with E-state index < -0.39 is 0 Å². The monoisotopic (exact) mass is 281 g/mol. The lowest BCUT2D eigenvalue weighted by atomic mass is 10.0. The number of halogens is 1. The lowest BCUT2D eigenvalue weighted by molar-refractivity contribution is 0.148. The maximum absolute atomic E-state index is 5.99. The Labute approximate surface area is 118 Å². The van der Waals surface area contributed by atoms with Gasteiger partial charge in [-0.05, 0) is 43.7 Å². The predicted molar refractivity (Wildman–Crippen MR) is 78.7 cm³/mol. The number of furan rings is 1. The quantitative estimate of drug-likeness (QED) is 0.868. The Morgan fingerprint density at radius 1 is 1.37 bits per heavy atom. The summed E-state index contributed by atoms with van der Waals surface area (Å²) >= 11 is 5.99. The molecule has 1 heterocycles. The second kappa shape index (κ2) is 6.42. The minimum atomic E-state index is 0.191. The van der Waals surface area contributed by atoms with E-state index >= 15 is 0 Å². The van der Waals surface area contributed by atoms with E-state index in [4.69, 9.17) is 20.8 Å². The molecule has 0 saturated heterocycles. The van der Waals surface area contributed by atoms with Crippen LogP contribution < -0.4 is 5.32 Å². The van der Waals surface area contributed by atoms with Crippen LogP contribution in [0.15, 0.2) is 28.7 Å². The molecule has 0 radical (unpaired) electrons. The molecule has 1 aromatic heterocycles. The summed E-state index contributed by atoms with van der Waals surface area (Å²) in [6, 6.07) is 7.93. The summed E-state index contributed by atoms with van der Waals surface area (Å²) in [5.41, 5.74) is 0.874. The van der Waals surface area contributed by atoms with Crippen LogP contribution in [0.1, 0.15) is 25.1 Å². The normalized spacial score (nSPS) is 14.7. The molecule has 2 aromatic rings. The van der Waals surface area contributed by atoms with Crippen molar-refractivity contribution < 1.29 is 9.15 Å². The fourth-order valence-corrected chi connectivity index (χ4v) is 2.52. The van der Waals surface area contributed by atoms with Gasteiger partial charge in [-0.3, -0.25) is 0 Å². The Morgan fingerprint density at radius 2 is 2.16 bits per heavy atom. The standard InChI is InChI=1S/C15H20ClNO2/c1-10(9-18-3)6-13(17-2)15-8-11-7-12(16)4-5-14(11)19-15/h4-5,7-8,10,13,17H,6,9H2,1-3H3. The summed E-state index contributed by atoms with van der Waals surface area (Å²) in [5.74, 6) is 1.42. The Morgan fingerprint density at radius 3 is 2.84 bits per heavy atom. The molecular formula is C15H20ClNO2. The van der Waals surface area contributed by atoms with Crippen LogP contribution in [0.4, 0.5) is 0 Å². The van der Waals surface area contributed by atoms with Crippen LogP contribution in [-0.2, 0) is 4.74 Å². The van der Waals surface area contributed by atoms with Crippen LogP contribution in [0.25, 0.3) is 11.0 Å². The Hall–Kier alpha value is -1.03. The fraction of sp³-hybridized carbons (Fsp3) is 0.467. The van der Waals surface area contributed by atoms with Gasteiger partial charge < -0.3 is 14.5 Å². The molecular weight excluding hydrogens is 262 g/mol. The van der Waals surface area contributed by atoms with Gasteiger partial charge in [0.25, 0.3) is 0 Å². The number of hydrogen-bond donors (Lipinski definition) is 1. The van der Waals surface area contributed by atoms with Gasteiger partial charge in [0.1, 0.15) is 11.3 Å². The molecule has 4 heteroatoms. The first-order valence-corrected chi connectivity index (χ1v) is 6.87. The van der Waals surface area contributed by atoms with Crippen molar-refractivity contribution in [3.05, 3.63) is 35.0 Å². The van der Waals surface area contributed by atoms with E-state index in [-0.39, 0.29) is 6.04 Å². The summed E-state index contributed by atoms with van der Waals surface area (Å²) in [6.07, 6.45) is 0.970. The Kier molecular flexibility index (Phi) is 4.86. The zero-order valence-electron chi connectivity index (χ0n) is 11.6. The van der Waals surface area contributed by atoms with E-state index in [1.807, 2.05) is 25.2 Å². The smallest absolute Gasteiger partial charge is 0.134 e. The largest absolute Gasteiger partial charge is 0.459 e. The van der Waals surface area contributed by atoms with E-state index in [1.54, 1.807) is 7.11 Å². The predicted octanol–water partition coefficient (Wildman–Crippen LogP) is 4.02. The highest BCUT2D eigenvalue weighted by molar-refractivity contribution is 6.31. The van der Waals surface area contributed by atoms with Gasteiger partial charge in [-0.2, -0.15) is 0 Å². The lowest BCUT2D eigenvalue weighted by Crippen LogP contribution is -2.20. The lowest BCUT2D eigenvalue weighted by Gasteiger charge is -2.18. The van der Waals surface area contributed by atoms with Crippen molar-refractivity contribution in [3.63, 3.8) is 0 Å². The van der Waals surface area contributed by atoms with Gasteiger partial charge in [0, 0.05) is 24.1 Å². The summed E-state index contributed by atoms with van der Waals surface area (Å²) < 4.78 is 11.1. The molecule has 19 heavy (non-hydrogen) atoms. The maximum Gasteiger partial charge on any atom is 0.134 e. The van der Waals surface area contributed by atoms with E-state index in [0.29, 0.717) is 5.92 Å². The third-order valence-corrected chi connectivity index (χ3v) is 3.51. The highest BCUT2D eigenvalue weighted by Gasteiger charge is 2.17. The van der Waals surface area contributed by atoms with Crippen molar-refractivity contribution in [3.8, 4) is 0 Å². The van der Waals surface area contributed by atoms with Crippen molar-refractivity contribution >= 4 is 22.6 Å². The average molecular weight is 282 g/mol. The molecule has 0 saturated carbocycles. The zero-order valence-corrected chi connectivity index (χ0v) is 12.3. The third kappa shape index (κ3) is 3.50. The second-order valence-corrected chi connectivity index (χ2v) is 5.40. The number of methoxy groups -OCH3 is 1. The minimum Gasteiger partial charge on any atom is -0.459 e. The van der Waals surface area contributed by atoms with Crippen LogP contribution >= 0.6 is 11.6 Å². The van der Waals surface area contributed by atoms with Crippen molar-refractivity contribution in [2.45, 2.75) is 19.4 Å². The van der Waals surface area contributed by atoms with E-state index in [1.165, 1.54) is 0 Å².